The zero-order chi connectivity index (χ0) is 27.9. The van der Waals surface area contributed by atoms with Gasteiger partial charge in [0.15, 0.2) is 0 Å². The molecule has 1 N–H and O–H groups in total. The van der Waals surface area contributed by atoms with Crippen molar-refractivity contribution in [2.24, 2.45) is 0 Å². The number of amides is 2. The van der Waals surface area contributed by atoms with Crippen molar-refractivity contribution >= 4 is 27.5 Å². The van der Waals surface area contributed by atoms with Crippen molar-refractivity contribution in [1.29, 1.82) is 0 Å². The van der Waals surface area contributed by atoms with Crippen LogP contribution in [0, 0.1) is 13.8 Å². The number of sulfonamides is 1. The fourth-order valence-electron chi connectivity index (χ4n) is 4.05. The molecule has 0 spiro atoms. The summed E-state index contributed by atoms with van der Waals surface area (Å²) in [5.74, 6) is -0.754. The van der Waals surface area contributed by atoms with Gasteiger partial charge in [-0.3, -0.25) is 13.9 Å². The smallest absolute Gasteiger partial charge is 0.264 e. The maximum Gasteiger partial charge on any atom is 0.264 e. The Morgan fingerprint density at radius 2 is 1.55 bits per heavy atom. The number of hydrogen-bond donors (Lipinski definition) is 1. The molecular formula is C30H37N3O4S. The topological polar surface area (TPSA) is 86.8 Å². The molecule has 3 rings (SSSR count). The van der Waals surface area contributed by atoms with Gasteiger partial charge < -0.3 is 10.2 Å². The van der Waals surface area contributed by atoms with E-state index in [0.717, 1.165) is 27.4 Å². The van der Waals surface area contributed by atoms with E-state index < -0.39 is 28.5 Å². The van der Waals surface area contributed by atoms with Crippen LogP contribution in [0.5, 0.6) is 0 Å². The maximum atomic E-state index is 13.9. The standard InChI is InChI=1S/C30H37N3O4S/c1-6-24(4)31-30(35)25(5)32(20-26-15-11-10-14-23(26)3)29(34)21-33(27-16-12-13-22(2)19-27)38(36,37)28-17-8-7-9-18-28/h7-19,24-25H,6,20-21H2,1-5H3,(H,31,35)/t24-,25-/m1/s1. The Labute approximate surface area is 226 Å². The zero-order valence-electron chi connectivity index (χ0n) is 22.7. The van der Waals surface area contributed by atoms with E-state index in [1.165, 1.54) is 17.0 Å². The number of nitrogens with one attached hydrogen (secondary N) is 1. The van der Waals surface area contributed by atoms with E-state index in [1.807, 2.05) is 58.0 Å². The predicted octanol–water partition coefficient (Wildman–Crippen LogP) is 4.83. The van der Waals surface area contributed by atoms with Crippen molar-refractivity contribution in [2.75, 3.05) is 10.8 Å². The lowest BCUT2D eigenvalue weighted by Gasteiger charge is -2.32. The van der Waals surface area contributed by atoms with E-state index >= 15 is 0 Å². The number of nitrogens with zero attached hydrogens (tertiary/aromatic N) is 2. The van der Waals surface area contributed by atoms with Crippen molar-refractivity contribution in [2.45, 2.75) is 64.6 Å². The first-order valence-corrected chi connectivity index (χ1v) is 14.3. The van der Waals surface area contributed by atoms with Gasteiger partial charge in [0.25, 0.3) is 10.0 Å². The van der Waals surface area contributed by atoms with E-state index in [2.05, 4.69) is 5.32 Å². The van der Waals surface area contributed by atoms with Gasteiger partial charge in [-0.15, -0.1) is 0 Å². The molecule has 0 aliphatic rings. The van der Waals surface area contributed by atoms with E-state index in [4.69, 9.17) is 0 Å². The third-order valence-electron chi connectivity index (χ3n) is 6.67. The minimum Gasteiger partial charge on any atom is -0.352 e. The predicted molar refractivity (Wildman–Crippen MR) is 151 cm³/mol. The molecule has 202 valence electrons. The van der Waals surface area contributed by atoms with Gasteiger partial charge in [-0.2, -0.15) is 0 Å². The lowest BCUT2D eigenvalue weighted by Crippen LogP contribution is -2.52. The van der Waals surface area contributed by atoms with Crippen LogP contribution in [0.3, 0.4) is 0 Å². The van der Waals surface area contributed by atoms with Crippen molar-refractivity contribution in [1.82, 2.24) is 10.2 Å². The zero-order valence-corrected chi connectivity index (χ0v) is 23.5. The van der Waals surface area contributed by atoms with Gasteiger partial charge in [-0.25, -0.2) is 8.42 Å². The molecule has 0 bridgehead atoms. The Kier molecular flexibility index (Phi) is 9.69. The number of hydrogen-bond acceptors (Lipinski definition) is 4. The lowest BCUT2D eigenvalue weighted by molar-refractivity contribution is -0.139. The van der Waals surface area contributed by atoms with Crippen molar-refractivity contribution in [3.8, 4) is 0 Å². The summed E-state index contributed by atoms with van der Waals surface area (Å²) in [4.78, 5) is 28.6. The van der Waals surface area contributed by atoms with Crippen LogP contribution in [0.1, 0.15) is 43.9 Å². The molecule has 0 fully saturated rings. The van der Waals surface area contributed by atoms with Gasteiger partial charge in [0.2, 0.25) is 11.8 Å². The van der Waals surface area contributed by atoms with E-state index in [-0.39, 0.29) is 23.4 Å². The molecule has 0 heterocycles. The monoisotopic (exact) mass is 535 g/mol. The molecule has 0 unspecified atom stereocenters. The summed E-state index contributed by atoms with van der Waals surface area (Å²) < 4.78 is 28.7. The highest BCUT2D eigenvalue weighted by molar-refractivity contribution is 7.92. The van der Waals surface area contributed by atoms with Crippen LogP contribution in [0.15, 0.2) is 83.8 Å². The molecule has 8 heteroatoms. The highest BCUT2D eigenvalue weighted by Crippen LogP contribution is 2.25. The normalized spacial score (nSPS) is 12.9. The van der Waals surface area contributed by atoms with E-state index in [1.54, 1.807) is 43.3 Å². The van der Waals surface area contributed by atoms with Crippen molar-refractivity contribution < 1.29 is 18.0 Å². The molecule has 7 nitrogen and oxygen atoms in total. The SMILES string of the molecule is CC[C@@H](C)NC(=O)[C@@H](C)N(Cc1ccccc1C)C(=O)CN(c1cccc(C)c1)S(=O)(=O)c1ccccc1. The van der Waals surface area contributed by atoms with E-state index in [0.29, 0.717) is 5.69 Å². The minimum atomic E-state index is -4.06. The number of carbonyl (C=O) groups is 2. The Balaban J connectivity index is 2.03. The lowest BCUT2D eigenvalue weighted by atomic mass is 10.1. The molecule has 0 saturated heterocycles. The summed E-state index contributed by atoms with van der Waals surface area (Å²) in [5, 5.41) is 2.95. The summed E-state index contributed by atoms with van der Waals surface area (Å²) in [6.07, 6.45) is 0.751. The summed E-state index contributed by atoms with van der Waals surface area (Å²) in [5.41, 5.74) is 3.11. The largest absolute Gasteiger partial charge is 0.352 e. The fraction of sp³-hybridized carbons (Fsp3) is 0.333. The van der Waals surface area contributed by atoms with E-state index in [9.17, 15) is 18.0 Å². The first kappa shape index (κ1) is 28.9. The average Bonchev–Trinajstić information content (AvgIpc) is 2.91. The highest BCUT2D eigenvalue weighted by Gasteiger charge is 2.32. The first-order valence-electron chi connectivity index (χ1n) is 12.8. The molecule has 0 saturated carbocycles. The maximum absolute atomic E-state index is 13.9. The fourth-order valence-corrected chi connectivity index (χ4v) is 5.48. The summed E-state index contributed by atoms with van der Waals surface area (Å²) in [7, 11) is -4.06. The van der Waals surface area contributed by atoms with Gasteiger partial charge in [-0.1, -0.05) is 61.5 Å². The molecule has 0 aromatic heterocycles. The molecule has 3 aromatic carbocycles. The Morgan fingerprint density at radius 1 is 0.895 bits per heavy atom. The van der Waals surface area contributed by atoms with Crippen LogP contribution < -0.4 is 9.62 Å². The minimum absolute atomic E-state index is 0.0531. The van der Waals surface area contributed by atoms with Crippen LogP contribution in [-0.4, -0.2) is 43.8 Å². The molecule has 0 aliphatic carbocycles. The van der Waals surface area contributed by atoms with Crippen LogP contribution in [0.25, 0.3) is 0 Å². The Morgan fingerprint density at radius 3 is 2.18 bits per heavy atom. The van der Waals surface area contributed by atoms with Gasteiger partial charge in [0.05, 0.1) is 10.6 Å². The third kappa shape index (κ3) is 7.01. The summed E-state index contributed by atoms with van der Waals surface area (Å²) >= 11 is 0. The number of carbonyl (C=O) groups excluding carboxylic acids is 2. The first-order chi connectivity index (χ1) is 18.0. The van der Waals surface area contributed by atoms with Gasteiger partial charge in [0.1, 0.15) is 12.6 Å². The molecule has 0 radical (unpaired) electrons. The summed E-state index contributed by atoms with van der Waals surface area (Å²) in [6.45, 7) is 9.09. The quantitative estimate of drug-likeness (QED) is 0.381. The second kappa shape index (κ2) is 12.7. The van der Waals surface area contributed by atoms with Gasteiger partial charge >= 0.3 is 0 Å². The number of benzene rings is 3. The summed E-state index contributed by atoms with van der Waals surface area (Å²) in [6, 6.07) is 21.9. The highest BCUT2D eigenvalue weighted by atomic mass is 32.2. The van der Waals surface area contributed by atoms with Crippen molar-refractivity contribution in [3.05, 3.63) is 95.6 Å². The molecule has 0 aliphatic heterocycles. The number of aryl methyl sites for hydroxylation is 2. The van der Waals surface area contributed by atoms with Crippen LogP contribution >= 0.6 is 0 Å². The molecular weight excluding hydrogens is 498 g/mol. The second-order valence-corrected chi connectivity index (χ2v) is 11.5. The molecule has 2 amide bonds. The van der Waals surface area contributed by atoms with Crippen LogP contribution in [0.2, 0.25) is 0 Å². The number of rotatable bonds is 11. The second-order valence-electron chi connectivity index (χ2n) is 9.61. The molecule has 3 aromatic rings. The Hall–Kier alpha value is -3.65. The molecule has 2 atom stereocenters. The van der Waals surface area contributed by atoms with Gasteiger partial charge in [-0.05, 0) is 75.1 Å². The van der Waals surface area contributed by atoms with Crippen molar-refractivity contribution in [3.63, 3.8) is 0 Å². The number of anilines is 1. The molecule has 38 heavy (non-hydrogen) atoms. The van der Waals surface area contributed by atoms with Crippen LogP contribution in [-0.2, 0) is 26.2 Å². The van der Waals surface area contributed by atoms with Crippen LogP contribution in [0.4, 0.5) is 5.69 Å². The Bertz CT molecular complexity index is 1360. The third-order valence-corrected chi connectivity index (χ3v) is 8.46. The average molecular weight is 536 g/mol. The van der Waals surface area contributed by atoms with Gasteiger partial charge in [0, 0.05) is 12.6 Å².